The Bertz CT molecular complexity index is 430. The first-order valence-electron chi connectivity index (χ1n) is 6.34. The third-order valence-corrected chi connectivity index (χ3v) is 3.39. The summed E-state index contributed by atoms with van der Waals surface area (Å²) >= 11 is 0. The van der Waals surface area contributed by atoms with Crippen LogP contribution >= 0.6 is 0 Å². The third kappa shape index (κ3) is 2.64. The number of nitrogens with zero attached hydrogens (tertiary/aromatic N) is 2. The van der Waals surface area contributed by atoms with Crippen molar-refractivity contribution in [3.8, 4) is 0 Å². The molecule has 1 fully saturated rings. The van der Waals surface area contributed by atoms with E-state index in [1.807, 2.05) is 13.8 Å². The normalized spacial score (nSPS) is 23.2. The standard InChI is InChI=1S/C12H20N4O2/c1-3-16-7-10(13)11(15-16)12(17)14-6-9-4-5-18-8(9)2/h7-9H,3-6,13H2,1-2H3,(H,14,17). The predicted octanol–water partition coefficient (Wildman–Crippen LogP) is 0.640. The number of anilines is 1. The van der Waals surface area contributed by atoms with Gasteiger partial charge in [-0.2, -0.15) is 5.10 Å². The van der Waals surface area contributed by atoms with Crippen molar-refractivity contribution >= 4 is 11.6 Å². The second-order valence-corrected chi connectivity index (χ2v) is 4.62. The van der Waals surface area contributed by atoms with E-state index in [1.165, 1.54) is 0 Å². The first-order chi connectivity index (χ1) is 8.61. The van der Waals surface area contributed by atoms with Crippen LogP contribution in [0.1, 0.15) is 30.8 Å². The van der Waals surface area contributed by atoms with E-state index < -0.39 is 0 Å². The highest BCUT2D eigenvalue weighted by atomic mass is 16.5. The summed E-state index contributed by atoms with van der Waals surface area (Å²) < 4.78 is 7.11. The van der Waals surface area contributed by atoms with E-state index in [2.05, 4.69) is 10.4 Å². The maximum absolute atomic E-state index is 12.0. The molecule has 2 rings (SSSR count). The SMILES string of the molecule is CCn1cc(N)c(C(=O)NCC2CCOC2C)n1. The van der Waals surface area contributed by atoms with Gasteiger partial charge in [0, 0.05) is 31.8 Å². The van der Waals surface area contributed by atoms with Crippen LogP contribution in [0.4, 0.5) is 5.69 Å². The molecule has 0 saturated carbocycles. The summed E-state index contributed by atoms with van der Waals surface area (Å²) in [6.07, 6.45) is 2.87. The highest BCUT2D eigenvalue weighted by Gasteiger charge is 2.25. The van der Waals surface area contributed by atoms with Crippen LogP contribution in [0, 0.1) is 5.92 Å². The number of aromatic nitrogens is 2. The highest BCUT2D eigenvalue weighted by molar-refractivity contribution is 5.96. The smallest absolute Gasteiger partial charge is 0.273 e. The highest BCUT2D eigenvalue weighted by Crippen LogP contribution is 2.19. The lowest BCUT2D eigenvalue weighted by atomic mass is 10.0. The number of nitrogens with one attached hydrogen (secondary N) is 1. The van der Waals surface area contributed by atoms with Gasteiger partial charge in [0.25, 0.3) is 5.91 Å². The largest absolute Gasteiger partial charge is 0.396 e. The first kappa shape index (κ1) is 12.9. The summed E-state index contributed by atoms with van der Waals surface area (Å²) in [5, 5.41) is 7.02. The minimum absolute atomic E-state index is 0.204. The number of nitrogen functional groups attached to an aromatic ring is 1. The Balaban J connectivity index is 1.92. The van der Waals surface area contributed by atoms with Crippen LogP contribution in [0.25, 0.3) is 0 Å². The molecule has 0 bridgehead atoms. The molecule has 1 amide bonds. The Labute approximate surface area is 106 Å². The molecule has 1 aromatic heterocycles. The number of carbonyl (C=O) groups excluding carboxylic acids is 1. The van der Waals surface area contributed by atoms with Gasteiger partial charge < -0.3 is 15.8 Å². The Morgan fingerprint density at radius 2 is 2.50 bits per heavy atom. The van der Waals surface area contributed by atoms with Gasteiger partial charge in [-0.15, -0.1) is 0 Å². The molecule has 0 radical (unpaired) electrons. The van der Waals surface area contributed by atoms with Gasteiger partial charge in [-0.25, -0.2) is 0 Å². The number of carbonyl (C=O) groups is 1. The molecule has 1 aliphatic rings. The second-order valence-electron chi connectivity index (χ2n) is 4.62. The van der Waals surface area contributed by atoms with Gasteiger partial charge in [0.15, 0.2) is 5.69 Å². The van der Waals surface area contributed by atoms with Gasteiger partial charge in [0.1, 0.15) is 0 Å². The van der Waals surface area contributed by atoms with Crippen molar-refractivity contribution < 1.29 is 9.53 Å². The fraction of sp³-hybridized carbons (Fsp3) is 0.667. The molecule has 1 aromatic rings. The lowest BCUT2D eigenvalue weighted by Gasteiger charge is -2.14. The molecule has 0 aliphatic carbocycles. The van der Waals surface area contributed by atoms with Crippen LogP contribution in [0.15, 0.2) is 6.20 Å². The summed E-state index contributed by atoms with van der Waals surface area (Å²) in [5.74, 6) is 0.169. The summed E-state index contributed by atoms with van der Waals surface area (Å²) in [6.45, 7) is 6.06. The van der Waals surface area contributed by atoms with Crippen molar-refractivity contribution in [2.45, 2.75) is 32.9 Å². The number of amides is 1. The van der Waals surface area contributed by atoms with Gasteiger partial charge in [-0.3, -0.25) is 9.48 Å². The lowest BCUT2D eigenvalue weighted by molar-refractivity contribution is 0.0903. The number of ether oxygens (including phenoxy) is 1. The zero-order valence-corrected chi connectivity index (χ0v) is 10.8. The van der Waals surface area contributed by atoms with Crippen molar-refractivity contribution in [2.75, 3.05) is 18.9 Å². The molecule has 1 aliphatic heterocycles. The summed E-state index contributed by atoms with van der Waals surface area (Å²) in [6, 6.07) is 0. The van der Waals surface area contributed by atoms with Crippen molar-refractivity contribution in [3.63, 3.8) is 0 Å². The van der Waals surface area contributed by atoms with Gasteiger partial charge in [0.05, 0.1) is 11.8 Å². The van der Waals surface area contributed by atoms with Gasteiger partial charge in [0.2, 0.25) is 0 Å². The molecule has 6 heteroatoms. The molecular formula is C12H20N4O2. The summed E-state index contributed by atoms with van der Waals surface area (Å²) in [7, 11) is 0. The van der Waals surface area contributed by atoms with Crippen LogP contribution < -0.4 is 11.1 Å². The van der Waals surface area contributed by atoms with E-state index in [4.69, 9.17) is 10.5 Å². The molecule has 100 valence electrons. The first-order valence-corrected chi connectivity index (χ1v) is 6.34. The monoisotopic (exact) mass is 252 g/mol. The second kappa shape index (κ2) is 5.39. The van der Waals surface area contributed by atoms with Crippen LogP contribution in [0.2, 0.25) is 0 Å². The van der Waals surface area contributed by atoms with E-state index in [0.717, 1.165) is 13.0 Å². The zero-order valence-electron chi connectivity index (χ0n) is 10.8. The number of rotatable bonds is 4. The Morgan fingerprint density at radius 1 is 1.72 bits per heavy atom. The van der Waals surface area contributed by atoms with E-state index in [9.17, 15) is 4.79 Å². The number of hydrogen-bond acceptors (Lipinski definition) is 4. The molecular weight excluding hydrogens is 232 g/mol. The average molecular weight is 252 g/mol. The minimum Gasteiger partial charge on any atom is -0.396 e. The molecule has 0 spiro atoms. The van der Waals surface area contributed by atoms with E-state index in [1.54, 1.807) is 10.9 Å². The van der Waals surface area contributed by atoms with E-state index >= 15 is 0 Å². The minimum atomic E-state index is -0.209. The predicted molar refractivity (Wildman–Crippen MR) is 68.2 cm³/mol. The molecule has 1 saturated heterocycles. The number of nitrogens with two attached hydrogens (primary N) is 1. The van der Waals surface area contributed by atoms with Crippen LogP contribution in [-0.2, 0) is 11.3 Å². The lowest BCUT2D eigenvalue weighted by Crippen LogP contribution is -2.32. The summed E-state index contributed by atoms with van der Waals surface area (Å²) in [5.41, 5.74) is 6.49. The van der Waals surface area contributed by atoms with Gasteiger partial charge >= 0.3 is 0 Å². The molecule has 2 atom stereocenters. The molecule has 18 heavy (non-hydrogen) atoms. The molecule has 2 unspecified atom stereocenters. The van der Waals surface area contributed by atoms with Crippen molar-refractivity contribution in [1.82, 2.24) is 15.1 Å². The van der Waals surface area contributed by atoms with Crippen LogP contribution in [0.5, 0.6) is 0 Å². The zero-order chi connectivity index (χ0) is 13.1. The Morgan fingerprint density at radius 3 is 3.06 bits per heavy atom. The number of hydrogen-bond donors (Lipinski definition) is 2. The van der Waals surface area contributed by atoms with Crippen molar-refractivity contribution in [2.24, 2.45) is 5.92 Å². The Kier molecular flexibility index (Phi) is 3.86. The molecule has 6 nitrogen and oxygen atoms in total. The van der Waals surface area contributed by atoms with Gasteiger partial charge in [-0.1, -0.05) is 0 Å². The average Bonchev–Trinajstić information content (AvgIpc) is 2.92. The number of aryl methyl sites for hydroxylation is 1. The van der Waals surface area contributed by atoms with Crippen LogP contribution in [-0.4, -0.2) is 34.9 Å². The Hall–Kier alpha value is -1.56. The molecule has 0 aromatic carbocycles. The third-order valence-electron chi connectivity index (χ3n) is 3.39. The molecule has 3 N–H and O–H groups in total. The molecule has 2 heterocycles. The summed E-state index contributed by atoms with van der Waals surface area (Å²) in [4.78, 5) is 12.0. The van der Waals surface area contributed by atoms with E-state index in [0.29, 0.717) is 30.4 Å². The van der Waals surface area contributed by atoms with Crippen molar-refractivity contribution in [3.05, 3.63) is 11.9 Å². The topological polar surface area (TPSA) is 82.2 Å². The van der Waals surface area contributed by atoms with Crippen molar-refractivity contribution in [1.29, 1.82) is 0 Å². The maximum atomic E-state index is 12.0. The fourth-order valence-corrected chi connectivity index (χ4v) is 2.13. The fourth-order valence-electron chi connectivity index (χ4n) is 2.13. The quantitative estimate of drug-likeness (QED) is 0.824. The maximum Gasteiger partial charge on any atom is 0.273 e. The van der Waals surface area contributed by atoms with E-state index in [-0.39, 0.29) is 12.0 Å². The van der Waals surface area contributed by atoms with Crippen LogP contribution in [0.3, 0.4) is 0 Å². The van der Waals surface area contributed by atoms with Gasteiger partial charge in [-0.05, 0) is 20.3 Å².